The van der Waals surface area contributed by atoms with Gasteiger partial charge in [0.05, 0.1) is 6.61 Å². The summed E-state index contributed by atoms with van der Waals surface area (Å²) in [5, 5.41) is 8.97. The van der Waals surface area contributed by atoms with Gasteiger partial charge < -0.3 is 9.84 Å². The zero-order valence-electron chi connectivity index (χ0n) is 8.19. The number of aliphatic carboxylic acids is 1. The van der Waals surface area contributed by atoms with E-state index in [4.69, 9.17) is 9.84 Å². The number of ether oxygens (including phenoxy) is 1. The van der Waals surface area contributed by atoms with E-state index in [1.54, 1.807) is 7.11 Å². The number of methoxy groups -OCH3 is 1. The quantitative estimate of drug-likeness (QED) is 0.655. The predicted octanol–water partition coefficient (Wildman–Crippen LogP) is 0.428. The fourth-order valence-electron chi connectivity index (χ4n) is 1.54. The SMILES string of the molecule is COCCN(C)C(C(=O)O)C1CC1. The van der Waals surface area contributed by atoms with Gasteiger partial charge in [-0.25, -0.2) is 0 Å². The van der Waals surface area contributed by atoms with E-state index in [1.807, 2.05) is 11.9 Å². The molecule has 0 bridgehead atoms. The molecule has 0 radical (unpaired) electrons. The molecule has 1 aliphatic rings. The van der Waals surface area contributed by atoms with Gasteiger partial charge in [-0.2, -0.15) is 0 Å². The second kappa shape index (κ2) is 4.58. The van der Waals surface area contributed by atoms with Crippen molar-refractivity contribution in [2.45, 2.75) is 18.9 Å². The van der Waals surface area contributed by atoms with Gasteiger partial charge in [0.25, 0.3) is 0 Å². The van der Waals surface area contributed by atoms with Gasteiger partial charge >= 0.3 is 5.97 Å². The zero-order valence-corrected chi connectivity index (χ0v) is 8.19. The van der Waals surface area contributed by atoms with Crippen LogP contribution in [0.25, 0.3) is 0 Å². The lowest BCUT2D eigenvalue weighted by molar-refractivity contribution is -0.143. The molecule has 0 aromatic carbocycles. The summed E-state index contributed by atoms with van der Waals surface area (Å²) < 4.78 is 4.91. The van der Waals surface area contributed by atoms with Crippen molar-refractivity contribution in [3.05, 3.63) is 0 Å². The van der Waals surface area contributed by atoms with Gasteiger partial charge in [0.2, 0.25) is 0 Å². The maximum atomic E-state index is 10.9. The molecule has 1 unspecified atom stereocenters. The number of likely N-dealkylation sites (N-methyl/N-ethyl adjacent to an activating group) is 1. The smallest absolute Gasteiger partial charge is 0.321 e. The Morgan fingerprint density at radius 1 is 1.69 bits per heavy atom. The highest BCUT2D eigenvalue weighted by Gasteiger charge is 2.38. The molecule has 1 aliphatic carbocycles. The van der Waals surface area contributed by atoms with Crippen molar-refractivity contribution in [1.29, 1.82) is 0 Å². The molecule has 1 saturated carbocycles. The lowest BCUT2D eigenvalue weighted by Crippen LogP contribution is -2.41. The fraction of sp³-hybridized carbons (Fsp3) is 0.889. The first kappa shape index (κ1) is 10.5. The molecule has 0 aromatic rings. The maximum Gasteiger partial charge on any atom is 0.321 e. The van der Waals surface area contributed by atoms with E-state index in [2.05, 4.69) is 0 Å². The largest absolute Gasteiger partial charge is 0.480 e. The Labute approximate surface area is 78.5 Å². The summed E-state index contributed by atoms with van der Waals surface area (Å²) in [6.07, 6.45) is 2.10. The third kappa shape index (κ3) is 2.97. The molecule has 1 N–H and O–H groups in total. The van der Waals surface area contributed by atoms with Crippen LogP contribution in [0.15, 0.2) is 0 Å². The van der Waals surface area contributed by atoms with Gasteiger partial charge in [0.15, 0.2) is 0 Å². The van der Waals surface area contributed by atoms with Gasteiger partial charge in [-0.1, -0.05) is 0 Å². The number of hydrogen-bond donors (Lipinski definition) is 1. The molecule has 13 heavy (non-hydrogen) atoms. The van der Waals surface area contributed by atoms with Crippen LogP contribution in [0.3, 0.4) is 0 Å². The van der Waals surface area contributed by atoms with E-state index < -0.39 is 5.97 Å². The predicted molar refractivity (Wildman–Crippen MR) is 48.7 cm³/mol. The van der Waals surface area contributed by atoms with Crippen LogP contribution in [-0.4, -0.2) is 49.3 Å². The highest BCUT2D eigenvalue weighted by Crippen LogP contribution is 2.34. The van der Waals surface area contributed by atoms with Crippen molar-refractivity contribution >= 4 is 5.97 Å². The molecule has 0 amide bonds. The summed E-state index contributed by atoms with van der Waals surface area (Å²) in [6, 6.07) is -0.310. The Morgan fingerprint density at radius 2 is 2.31 bits per heavy atom. The number of nitrogens with zero attached hydrogens (tertiary/aromatic N) is 1. The Kier molecular flexibility index (Phi) is 3.69. The number of carboxylic acids is 1. The van der Waals surface area contributed by atoms with Gasteiger partial charge in [0, 0.05) is 13.7 Å². The minimum Gasteiger partial charge on any atom is -0.480 e. The fourth-order valence-corrected chi connectivity index (χ4v) is 1.54. The van der Waals surface area contributed by atoms with Gasteiger partial charge in [-0.05, 0) is 25.8 Å². The lowest BCUT2D eigenvalue weighted by Gasteiger charge is -2.23. The van der Waals surface area contributed by atoms with Crippen molar-refractivity contribution in [2.24, 2.45) is 5.92 Å². The minimum atomic E-state index is -0.707. The zero-order chi connectivity index (χ0) is 9.84. The molecular formula is C9H17NO3. The summed E-state index contributed by atoms with van der Waals surface area (Å²) >= 11 is 0. The van der Waals surface area contributed by atoms with E-state index in [1.165, 1.54) is 0 Å². The third-order valence-electron chi connectivity index (χ3n) is 2.44. The molecule has 0 aromatic heterocycles. The highest BCUT2D eigenvalue weighted by atomic mass is 16.5. The molecule has 1 atom stereocenters. The van der Waals surface area contributed by atoms with E-state index in [0.29, 0.717) is 19.1 Å². The van der Waals surface area contributed by atoms with Gasteiger partial charge in [0.1, 0.15) is 6.04 Å². The second-order valence-corrected chi connectivity index (χ2v) is 3.59. The van der Waals surface area contributed by atoms with E-state index in [-0.39, 0.29) is 6.04 Å². The summed E-state index contributed by atoms with van der Waals surface area (Å²) in [5.74, 6) is -0.347. The van der Waals surface area contributed by atoms with Crippen molar-refractivity contribution in [2.75, 3.05) is 27.3 Å². The Morgan fingerprint density at radius 3 is 2.69 bits per heavy atom. The van der Waals surface area contributed by atoms with Crippen molar-refractivity contribution in [1.82, 2.24) is 4.90 Å². The van der Waals surface area contributed by atoms with Crippen molar-refractivity contribution < 1.29 is 14.6 Å². The molecule has 4 heteroatoms. The van der Waals surface area contributed by atoms with Crippen LogP contribution in [0.1, 0.15) is 12.8 Å². The summed E-state index contributed by atoms with van der Waals surface area (Å²) in [6.45, 7) is 1.27. The van der Waals surface area contributed by atoms with Crippen LogP contribution >= 0.6 is 0 Å². The van der Waals surface area contributed by atoms with Crippen LogP contribution in [-0.2, 0) is 9.53 Å². The third-order valence-corrected chi connectivity index (χ3v) is 2.44. The monoisotopic (exact) mass is 187 g/mol. The molecule has 0 saturated heterocycles. The lowest BCUT2D eigenvalue weighted by atomic mass is 10.1. The molecule has 0 spiro atoms. The minimum absolute atomic E-state index is 0.310. The van der Waals surface area contributed by atoms with E-state index >= 15 is 0 Å². The first-order valence-electron chi connectivity index (χ1n) is 4.58. The van der Waals surface area contributed by atoms with E-state index in [0.717, 1.165) is 12.8 Å². The standard InChI is InChI=1S/C9H17NO3/c1-10(5-6-13-2)8(9(11)12)7-3-4-7/h7-8H,3-6H2,1-2H3,(H,11,12). The summed E-state index contributed by atoms with van der Waals surface area (Å²) in [4.78, 5) is 12.8. The van der Waals surface area contributed by atoms with Crippen LogP contribution in [0.4, 0.5) is 0 Å². The summed E-state index contributed by atoms with van der Waals surface area (Å²) in [7, 11) is 3.47. The molecule has 76 valence electrons. The number of rotatable bonds is 6. The molecule has 0 heterocycles. The van der Waals surface area contributed by atoms with Gasteiger partial charge in [-0.15, -0.1) is 0 Å². The molecule has 0 aliphatic heterocycles. The number of carboxylic acid groups (broad SMARTS) is 1. The van der Waals surface area contributed by atoms with E-state index in [9.17, 15) is 4.79 Å². The van der Waals surface area contributed by atoms with Crippen LogP contribution in [0, 0.1) is 5.92 Å². The Balaban J connectivity index is 2.38. The topological polar surface area (TPSA) is 49.8 Å². The highest BCUT2D eigenvalue weighted by molar-refractivity contribution is 5.74. The molecule has 4 nitrogen and oxygen atoms in total. The van der Waals surface area contributed by atoms with Crippen LogP contribution in [0.5, 0.6) is 0 Å². The number of hydrogen-bond acceptors (Lipinski definition) is 3. The second-order valence-electron chi connectivity index (χ2n) is 3.59. The Hall–Kier alpha value is -0.610. The van der Waals surface area contributed by atoms with Gasteiger partial charge in [-0.3, -0.25) is 9.69 Å². The Bertz CT molecular complexity index is 180. The number of carbonyl (C=O) groups is 1. The van der Waals surface area contributed by atoms with Crippen molar-refractivity contribution in [3.8, 4) is 0 Å². The van der Waals surface area contributed by atoms with Crippen LogP contribution < -0.4 is 0 Å². The molecular weight excluding hydrogens is 170 g/mol. The normalized spacial score (nSPS) is 19.0. The average molecular weight is 187 g/mol. The average Bonchev–Trinajstić information content (AvgIpc) is 2.84. The maximum absolute atomic E-state index is 10.9. The summed E-state index contributed by atoms with van der Waals surface area (Å²) in [5.41, 5.74) is 0. The first-order chi connectivity index (χ1) is 6.16. The van der Waals surface area contributed by atoms with Crippen molar-refractivity contribution in [3.63, 3.8) is 0 Å². The molecule has 1 rings (SSSR count). The van der Waals surface area contributed by atoms with Crippen LogP contribution in [0.2, 0.25) is 0 Å². The molecule has 1 fully saturated rings. The first-order valence-corrected chi connectivity index (χ1v) is 4.58.